The highest BCUT2D eigenvalue weighted by Gasteiger charge is 2.08. The maximum absolute atomic E-state index is 5.95. The molecule has 0 aliphatic rings. The molecule has 0 amide bonds. The van der Waals surface area contributed by atoms with E-state index in [0.717, 1.165) is 0 Å². The number of halogens is 3. The molecule has 1 aromatic carbocycles. The lowest BCUT2D eigenvalue weighted by atomic mass is 10.3. The zero-order valence-electron chi connectivity index (χ0n) is 9.20. The first-order valence-corrected chi connectivity index (χ1v) is 6.43. The summed E-state index contributed by atoms with van der Waals surface area (Å²) in [5.74, 6) is 1.76. The molecule has 1 aromatic heterocycles. The van der Waals surface area contributed by atoms with Gasteiger partial charge in [-0.2, -0.15) is 0 Å². The minimum atomic E-state index is 0.134. The van der Waals surface area contributed by atoms with Crippen molar-refractivity contribution >= 4 is 34.8 Å². The van der Waals surface area contributed by atoms with Crippen LogP contribution in [0.5, 0.6) is 5.75 Å². The van der Waals surface area contributed by atoms with Crippen LogP contribution in [0.1, 0.15) is 11.8 Å². The van der Waals surface area contributed by atoms with Gasteiger partial charge in [0.1, 0.15) is 5.75 Å². The third-order valence-corrected chi connectivity index (χ3v) is 2.80. The van der Waals surface area contributed by atoms with Gasteiger partial charge in [0.2, 0.25) is 5.89 Å². The average molecular weight is 308 g/mol. The largest absolute Gasteiger partial charge is 0.482 e. The molecule has 2 rings (SSSR count). The molecule has 7 heteroatoms. The summed E-state index contributed by atoms with van der Waals surface area (Å²) in [6.45, 7) is 0.134. The fourth-order valence-corrected chi connectivity index (χ4v) is 1.75. The first kappa shape index (κ1) is 13.5. The lowest BCUT2D eigenvalue weighted by molar-refractivity contribution is 0.259. The highest BCUT2D eigenvalue weighted by molar-refractivity contribution is 6.34. The summed E-state index contributed by atoms with van der Waals surface area (Å²) in [6.07, 6.45) is 0.534. The van der Waals surface area contributed by atoms with Gasteiger partial charge in [-0.05, 0) is 12.1 Å². The number of ether oxygens (including phenoxy) is 1. The Hall–Kier alpha value is -0.970. The van der Waals surface area contributed by atoms with E-state index < -0.39 is 0 Å². The molecule has 96 valence electrons. The third kappa shape index (κ3) is 3.51. The molecule has 0 unspecified atom stereocenters. The standard InChI is InChI=1S/C11H9Cl3N2O2/c12-4-3-10-15-16-11(18-10)6-17-9-5-7(13)1-2-8(9)14/h1-2,5H,3-4,6H2. The van der Waals surface area contributed by atoms with Crippen molar-refractivity contribution in [3.63, 3.8) is 0 Å². The van der Waals surface area contributed by atoms with Gasteiger partial charge in [-0.1, -0.05) is 23.2 Å². The highest BCUT2D eigenvalue weighted by Crippen LogP contribution is 2.28. The van der Waals surface area contributed by atoms with Gasteiger partial charge in [0, 0.05) is 23.4 Å². The Morgan fingerprint density at radius 2 is 1.94 bits per heavy atom. The average Bonchev–Trinajstić information content (AvgIpc) is 2.79. The predicted molar refractivity (Wildman–Crippen MR) is 69.5 cm³/mol. The molecule has 0 aliphatic heterocycles. The Bertz CT molecular complexity index is 531. The summed E-state index contributed by atoms with van der Waals surface area (Å²) in [5.41, 5.74) is 0. The van der Waals surface area contributed by atoms with E-state index in [1.165, 1.54) is 0 Å². The highest BCUT2D eigenvalue weighted by atomic mass is 35.5. The Labute approximate surface area is 119 Å². The van der Waals surface area contributed by atoms with Crippen molar-refractivity contribution < 1.29 is 9.15 Å². The van der Waals surface area contributed by atoms with Gasteiger partial charge < -0.3 is 9.15 Å². The molecule has 0 N–H and O–H groups in total. The van der Waals surface area contributed by atoms with Crippen LogP contribution < -0.4 is 4.74 Å². The van der Waals surface area contributed by atoms with Crippen molar-refractivity contribution in [1.82, 2.24) is 10.2 Å². The molecular formula is C11H9Cl3N2O2. The van der Waals surface area contributed by atoms with Gasteiger partial charge in [0.25, 0.3) is 5.89 Å². The van der Waals surface area contributed by atoms with E-state index in [-0.39, 0.29) is 6.61 Å². The zero-order valence-corrected chi connectivity index (χ0v) is 11.5. The molecule has 0 atom stereocenters. The molecule has 0 spiro atoms. The van der Waals surface area contributed by atoms with Crippen molar-refractivity contribution in [3.05, 3.63) is 40.0 Å². The van der Waals surface area contributed by atoms with E-state index in [1.807, 2.05) is 0 Å². The molecule has 18 heavy (non-hydrogen) atoms. The smallest absolute Gasteiger partial charge is 0.253 e. The van der Waals surface area contributed by atoms with Crippen LogP contribution in [0.2, 0.25) is 10.0 Å². The SMILES string of the molecule is ClCCc1nnc(COc2cc(Cl)ccc2Cl)o1. The minimum absolute atomic E-state index is 0.134. The van der Waals surface area contributed by atoms with Gasteiger partial charge in [-0.25, -0.2) is 0 Å². The summed E-state index contributed by atoms with van der Waals surface area (Å²) in [5, 5.41) is 8.66. The number of nitrogens with zero attached hydrogens (tertiary/aromatic N) is 2. The number of rotatable bonds is 5. The Morgan fingerprint density at radius 1 is 1.17 bits per heavy atom. The summed E-state index contributed by atoms with van der Waals surface area (Å²) >= 11 is 17.4. The molecule has 1 heterocycles. The molecule has 0 saturated carbocycles. The Morgan fingerprint density at radius 3 is 2.72 bits per heavy atom. The van der Waals surface area contributed by atoms with E-state index in [9.17, 15) is 0 Å². The molecule has 0 saturated heterocycles. The van der Waals surface area contributed by atoms with Gasteiger partial charge in [0.05, 0.1) is 5.02 Å². The van der Waals surface area contributed by atoms with Crippen LogP contribution in [-0.2, 0) is 13.0 Å². The molecule has 0 radical (unpaired) electrons. The van der Waals surface area contributed by atoms with Gasteiger partial charge in [0.15, 0.2) is 6.61 Å². The zero-order chi connectivity index (χ0) is 13.0. The number of aromatic nitrogens is 2. The monoisotopic (exact) mass is 306 g/mol. The van der Waals surface area contributed by atoms with Crippen LogP contribution in [0.3, 0.4) is 0 Å². The molecule has 2 aromatic rings. The second-order valence-corrected chi connectivity index (χ2v) is 4.61. The number of hydrogen-bond acceptors (Lipinski definition) is 4. The van der Waals surface area contributed by atoms with Crippen molar-refractivity contribution in [2.24, 2.45) is 0 Å². The van der Waals surface area contributed by atoms with Crippen LogP contribution >= 0.6 is 34.8 Å². The van der Waals surface area contributed by atoms with Crippen molar-refractivity contribution in [1.29, 1.82) is 0 Å². The number of alkyl halides is 1. The van der Waals surface area contributed by atoms with Crippen LogP contribution in [-0.4, -0.2) is 16.1 Å². The first-order chi connectivity index (χ1) is 8.69. The van der Waals surface area contributed by atoms with E-state index >= 15 is 0 Å². The second-order valence-electron chi connectivity index (χ2n) is 3.39. The number of aryl methyl sites for hydroxylation is 1. The molecule has 0 bridgehead atoms. The fraction of sp³-hybridized carbons (Fsp3) is 0.273. The molecular weight excluding hydrogens is 298 g/mol. The Kier molecular flexibility index (Phi) is 4.69. The van der Waals surface area contributed by atoms with E-state index in [1.54, 1.807) is 18.2 Å². The molecule has 0 fully saturated rings. The van der Waals surface area contributed by atoms with Crippen molar-refractivity contribution in [2.45, 2.75) is 13.0 Å². The Balaban J connectivity index is 1.99. The van der Waals surface area contributed by atoms with Crippen LogP contribution in [0.25, 0.3) is 0 Å². The fourth-order valence-electron chi connectivity index (χ4n) is 1.26. The van der Waals surface area contributed by atoms with Crippen LogP contribution in [0.4, 0.5) is 0 Å². The van der Waals surface area contributed by atoms with Gasteiger partial charge in [-0.3, -0.25) is 0 Å². The maximum Gasteiger partial charge on any atom is 0.253 e. The van der Waals surface area contributed by atoms with Crippen LogP contribution in [0, 0.1) is 0 Å². The minimum Gasteiger partial charge on any atom is -0.482 e. The normalized spacial score (nSPS) is 10.6. The van der Waals surface area contributed by atoms with Crippen LogP contribution in [0.15, 0.2) is 22.6 Å². The quantitative estimate of drug-likeness (QED) is 0.790. The van der Waals surface area contributed by atoms with Crippen molar-refractivity contribution in [2.75, 3.05) is 5.88 Å². The predicted octanol–water partition coefficient (Wildman–Crippen LogP) is 3.74. The first-order valence-electron chi connectivity index (χ1n) is 5.14. The topological polar surface area (TPSA) is 48.2 Å². The van der Waals surface area contributed by atoms with Gasteiger partial charge in [-0.15, -0.1) is 21.8 Å². The van der Waals surface area contributed by atoms with E-state index in [2.05, 4.69) is 10.2 Å². The lowest BCUT2D eigenvalue weighted by Gasteiger charge is -2.05. The third-order valence-electron chi connectivity index (χ3n) is 2.06. The number of benzene rings is 1. The maximum atomic E-state index is 5.95. The summed E-state index contributed by atoms with van der Waals surface area (Å²) < 4.78 is 10.8. The number of hydrogen-bond donors (Lipinski definition) is 0. The summed E-state index contributed by atoms with van der Waals surface area (Å²) in [6, 6.07) is 4.97. The lowest BCUT2D eigenvalue weighted by Crippen LogP contribution is -1.96. The summed E-state index contributed by atoms with van der Waals surface area (Å²) in [4.78, 5) is 0. The molecule has 4 nitrogen and oxygen atoms in total. The second kappa shape index (κ2) is 6.27. The molecule has 0 aliphatic carbocycles. The van der Waals surface area contributed by atoms with E-state index in [0.29, 0.717) is 39.9 Å². The summed E-state index contributed by atoms with van der Waals surface area (Å²) in [7, 11) is 0. The van der Waals surface area contributed by atoms with E-state index in [4.69, 9.17) is 44.0 Å². The van der Waals surface area contributed by atoms with Gasteiger partial charge >= 0.3 is 0 Å². The van der Waals surface area contributed by atoms with Crippen molar-refractivity contribution in [3.8, 4) is 5.75 Å².